The Kier molecular flexibility index (Phi) is 6.28. The Hall–Kier alpha value is -2.69. The summed E-state index contributed by atoms with van der Waals surface area (Å²) in [5.41, 5.74) is 4.60. The summed E-state index contributed by atoms with van der Waals surface area (Å²) in [6, 6.07) is 7.18. The number of rotatable bonds is 6. The van der Waals surface area contributed by atoms with Crippen LogP contribution in [0.2, 0.25) is 0 Å². The van der Waals surface area contributed by atoms with Crippen LogP contribution in [0, 0.1) is 20.8 Å². The van der Waals surface area contributed by atoms with Crippen molar-refractivity contribution >= 4 is 17.5 Å². The van der Waals surface area contributed by atoms with E-state index >= 15 is 0 Å². The predicted octanol–water partition coefficient (Wildman–Crippen LogP) is 3.79. The molecule has 0 aliphatic rings. The first-order valence-electron chi connectivity index (χ1n) is 8.55. The highest BCUT2D eigenvalue weighted by Gasteiger charge is 2.14. The lowest BCUT2D eigenvalue weighted by molar-refractivity contribution is 0.0953. The smallest absolute Gasteiger partial charge is 0.274 e. The average molecular weight is 339 g/mol. The summed E-state index contributed by atoms with van der Waals surface area (Å²) in [6.45, 7) is 8.63. The summed E-state index contributed by atoms with van der Waals surface area (Å²) >= 11 is 0. The predicted molar refractivity (Wildman–Crippen MR) is 100 cm³/mol. The lowest BCUT2D eigenvalue weighted by Gasteiger charge is -2.13. The van der Waals surface area contributed by atoms with Crippen LogP contribution in [0.5, 0.6) is 0 Å². The molecule has 25 heavy (non-hydrogen) atoms. The number of carbonyl (C=O) groups excluding carboxylic acids is 2. The van der Waals surface area contributed by atoms with Crippen molar-refractivity contribution in [2.75, 3.05) is 11.9 Å². The third-order valence-corrected chi connectivity index (χ3v) is 3.99. The van der Waals surface area contributed by atoms with Crippen LogP contribution in [-0.4, -0.2) is 23.3 Å². The molecule has 0 aliphatic carbocycles. The third-order valence-electron chi connectivity index (χ3n) is 3.99. The Balaban J connectivity index is 2.15. The zero-order chi connectivity index (χ0) is 18.4. The maximum Gasteiger partial charge on any atom is 0.274 e. The van der Waals surface area contributed by atoms with Crippen molar-refractivity contribution in [3.05, 3.63) is 58.4 Å². The van der Waals surface area contributed by atoms with Gasteiger partial charge in [0.2, 0.25) is 0 Å². The van der Waals surface area contributed by atoms with Crippen LogP contribution in [0.3, 0.4) is 0 Å². The Bertz CT molecular complexity index is 761. The SMILES string of the molecule is CCCCNC(=O)c1ccnc(C(=O)Nc2c(C)cc(C)cc2C)c1. The molecule has 2 rings (SSSR count). The van der Waals surface area contributed by atoms with E-state index in [0.29, 0.717) is 12.1 Å². The van der Waals surface area contributed by atoms with Gasteiger partial charge in [0.05, 0.1) is 0 Å². The molecular formula is C20H25N3O2. The van der Waals surface area contributed by atoms with Crippen LogP contribution < -0.4 is 10.6 Å². The second kappa shape index (κ2) is 8.42. The minimum Gasteiger partial charge on any atom is -0.352 e. The van der Waals surface area contributed by atoms with Crippen LogP contribution in [0.1, 0.15) is 57.3 Å². The third kappa shape index (κ3) is 4.89. The number of hydrogen-bond acceptors (Lipinski definition) is 3. The molecule has 1 aromatic heterocycles. The van der Waals surface area contributed by atoms with Gasteiger partial charge in [0.25, 0.3) is 11.8 Å². The van der Waals surface area contributed by atoms with Gasteiger partial charge < -0.3 is 10.6 Å². The number of nitrogens with one attached hydrogen (secondary N) is 2. The van der Waals surface area contributed by atoms with Crippen molar-refractivity contribution in [2.45, 2.75) is 40.5 Å². The summed E-state index contributed by atoms with van der Waals surface area (Å²) < 4.78 is 0. The van der Waals surface area contributed by atoms with Crippen molar-refractivity contribution < 1.29 is 9.59 Å². The number of nitrogens with zero attached hydrogens (tertiary/aromatic N) is 1. The molecule has 2 amide bonds. The summed E-state index contributed by atoms with van der Waals surface area (Å²) in [5.74, 6) is -0.508. The summed E-state index contributed by atoms with van der Waals surface area (Å²) in [4.78, 5) is 28.8. The van der Waals surface area contributed by atoms with E-state index in [-0.39, 0.29) is 17.5 Å². The minimum atomic E-state index is -0.321. The van der Waals surface area contributed by atoms with Crippen molar-refractivity contribution in [2.24, 2.45) is 0 Å². The number of unbranched alkanes of at least 4 members (excludes halogenated alkanes) is 1. The average Bonchev–Trinajstić information content (AvgIpc) is 2.58. The Morgan fingerprint density at radius 3 is 2.36 bits per heavy atom. The highest BCUT2D eigenvalue weighted by atomic mass is 16.2. The van der Waals surface area contributed by atoms with Gasteiger partial charge in [0.1, 0.15) is 5.69 Å². The standard InChI is InChI=1S/C20H25N3O2/c1-5-6-8-22-19(24)16-7-9-21-17(12-16)20(25)23-18-14(3)10-13(2)11-15(18)4/h7,9-12H,5-6,8H2,1-4H3,(H,22,24)(H,23,25). The number of carbonyl (C=O) groups is 2. The van der Waals surface area contributed by atoms with Crippen molar-refractivity contribution in [1.82, 2.24) is 10.3 Å². The van der Waals surface area contributed by atoms with E-state index in [1.807, 2.05) is 32.9 Å². The molecule has 1 aromatic carbocycles. The van der Waals surface area contributed by atoms with Crippen molar-refractivity contribution in [1.29, 1.82) is 0 Å². The van der Waals surface area contributed by atoms with Gasteiger partial charge in [-0.1, -0.05) is 31.0 Å². The number of benzene rings is 1. The summed E-state index contributed by atoms with van der Waals surface area (Å²) in [5, 5.41) is 5.75. The molecule has 0 spiro atoms. The maximum absolute atomic E-state index is 12.5. The fourth-order valence-electron chi connectivity index (χ4n) is 2.73. The molecule has 0 unspecified atom stereocenters. The van der Waals surface area contributed by atoms with E-state index in [2.05, 4.69) is 22.5 Å². The van der Waals surface area contributed by atoms with Crippen molar-refractivity contribution in [3.63, 3.8) is 0 Å². The fraction of sp³-hybridized carbons (Fsp3) is 0.350. The van der Waals surface area contributed by atoms with Gasteiger partial charge >= 0.3 is 0 Å². The van der Waals surface area contributed by atoms with E-state index in [1.165, 1.54) is 12.3 Å². The molecule has 0 aliphatic heterocycles. The van der Waals surface area contributed by atoms with Crippen LogP contribution >= 0.6 is 0 Å². The number of hydrogen-bond donors (Lipinski definition) is 2. The minimum absolute atomic E-state index is 0.187. The normalized spacial score (nSPS) is 10.4. The molecule has 5 heteroatoms. The van der Waals surface area contributed by atoms with Gasteiger partial charge in [0, 0.05) is 24.0 Å². The molecule has 0 radical (unpaired) electrons. The molecule has 0 saturated carbocycles. The molecule has 5 nitrogen and oxygen atoms in total. The lowest BCUT2D eigenvalue weighted by atomic mass is 10.0. The molecule has 2 aromatic rings. The summed E-state index contributed by atoms with van der Waals surface area (Å²) in [7, 11) is 0. The van der Waals surface area contributed by atoms with E-state index in [0.717, 1.165) is 35.2 Å². The highest BCUT2D eigenvalue weighted by Crippen LogP contribution is 2.22. The zero-order valence-corrected chi connectivity index (χ0v) is 15.3. The first kappa shape index (κ1) is 18.6. The van der Waals surface area contributed by atoms with Gasteiger partial charge in [0.15, 0.2) is 0 Å². The zero-order valence-electron chi connectivity index (χ0n) is 15.3. The van der Waals surface area contributed by atoms with E-state index < -0.39 is 0 Å². The Labute approximate surface area is 148 Å². The van der Waals surface area contributed by atoms with Crippen LogP contribution in [0.25, 0.3) is 0 Å². The van der Waals surface area contributed by atoms with Crippen LogP contribution in [0.15, 0.2) is 30.5 Å². The number of amides is 2. The topological polar surface area (TPSA) is 71.1 Å². The molecule has 2 N–H and O–H groups in total. The monoisotopic (exact) mass is 339 g/mol. The van der Waals surface area contributed by atoms with Gasteiger partial charge in [-0.05, 0) is 50.5 Å². The number of anilines is 1. The second-order valence-corrected chi connectivity index (χ2v) is 6.27. The molecule has 0 bridgehead atoms. The van der Waals surface area contributed by atoms with Crippen molar-refractivity contribution in [3.8, 4) is 0 Å². The lowest BCUT2D eigenvalue weighted by Crippen LogP contribution is -2.25. The largest absolute Gasteiger partial charge is 0.352 e. The molecule has 0 saturated heterocycles. The highest BCUT2D eigenvalue weighted by molar-refractivity contribution is 6.05. The summed E-state index contributed by atoms with van der Waals surface area (Å²) in [6.07, 6.45) is 3.42. The maximum atomic E-state index is 12.5. The quantitative estimate of drug-likeness (QED) is 0.787. The molecule has 0 fully saturated rings. The van der Waals surface area contributed by atoms with Gasteiger partial charge in [-0.3, -0.25) is 14.6 Å². The van der Waals surface area contributed by atoms with Crippen LogP contribution in [0.4, 0.5) is 5.69 Å². The van der Waals surface area contributed by atoms with Gasteiger partial charge in [-0.25, -0.2) is 0 Å². The fourth-order valence-corrected chi connectivity index (χ4v) is 2.73. The van der Waals surface area contributed by atoms with Gasteiger partial charge in [-0.15, -0.1) is 0 Å². The first-order chi connectivity index (χ1) is 11.9. The molecule has 0 atom stereocenters. The molecule has 132 valence electrons. The van der Waals surface area contributed by atoms with E-state index in [4.69, 9.17) is 0 Å². The Morgan fingerprint density at radius 2 is 1.72 bits per heavy atom. The molecular weight excluding hydrogens is 314 g/mol. The first-order valence-corrected chi connectivity index (χ1v) is 8.55. The number of aryl methyl sites for hydroxylation is 3. The van der Waals surface area contributed by atoms with E-state index in [9.17, 15) is 9.59 Å². The number of aromatic nitrogens is 1. The van der Waals surface area contributed by atoms with Crippen LogP contribution in [-0.2, 0) is 0 Å². The second-order valence-electron chi connectivity index (χ2n) is 6.27. The Morgan fingerprint density at radius 1 is 1.04 bits per heavy atom. The van der Waals surface area contributed by atoms with Gasteiger partial charge in [-0.2, -0.15) is 0 Å². The van der Waals surface area contributed by atoms with E-state index in [1.54, 1.807) is 6.07 Å². The number of pyridine rings is 1. The molecule has 1 heterocycles.